The van der Waals surface area contributed by atoms with Crippen molar-refractivity contribution in [2.45, 2.75) is 4.90 Å². The van der Waals surface area contributed by atoms with Crippen molar-refractivity contribution in [3.8, 4) is 5.75 Å². The lowest BCUT2D eigenvalue weighted by atomic mass is 10.2. The Morgan fingerprint density at radius 2 is 1.35 bits per heavy atom. The highest BCUT2D eigenvalue weighted by molar-refractivity contribution is 7.80. The zero-order chi connectivity index (χ0) is 14.5. The molecule has 0 bridgehead atoms. The molecule has 5 nitrogen and oxygen atoms in total. The molecule has 0 aromatic heterocycles. The van der Waals surface area contributed by atoms with Gasteiger partial charge in [0.1, 0.15) is 5.75 Å². The van der Waals surface area contributed by atoms with E-state index in [0.717, 1.165) is 0 Å². The third kappa shape index (κ3) is 3.10. The van der Waals surface area contributed by atoms with E-state index in [0.29, 0.717) is 10.5 Å². The molecule has 2 aromatic rings. The van der Waals surface area contributed by atoms with Crippen LogP contribution >= 0.6 is 12.6 Å². The number of carbonyl (C=O) groups excluding carboxylic acids is 2. The number of phenols is 1. The van der Waals surface area contributed by atoms with Crippen LogP contribution < -0.4 is 10.9 Å². The van der Waals surface area contributed by atoms with Crippen molar-refractivity contribution >= 4 is 24.4 Å². The zero-order valence-electron chi connectivity index (χ0n) is 10.3. The highest BCUT2D eigenvalue weighted by Gasteiger charge is 2.13. The summed E-state index contributed by atoms with van der Waals surface area (Å²) in [5, 5.41) is 9.52. The first-order chi connectivity index (χ1) is 9.59. The molecule has 3 N–H and O–H groups in total. The quantitative estimate of drug-likeness (QED) is 0.502. The van der Waals surface area contributed by atoms with Crippen molar-refractivity contribution in [1.82, 2.24) is 10.9 Å². The number of hydrazine groups is 1. The molecule has 102 valence electrons. The second-order valence-corrected chi connectivity index (χ2v) is 4.42. The Kier molecular flexibility index (Phi) is 4.27. The SMILES string of the molecule is O=C(NNC(=O)c1ccccc1S)c1ccccc1O. The van der Waals surface area contributed by atoms with E-state index in [9.17, 15) is 14.7 Å². The maximum atomic E-state index is 11.8. The Labute approximate surface area is 121 Å². The van der Waals surface area contributed by atoms with Gasteiger partial charge in [0.2, 0.25) is 0 Å². The number of carbonyl (C=O) groups is 2. The summed E-state index contributed by atoms with van der Waals surface area (Å²) in [5.41, 5.74) is 4.92. The summed E-state index contributed by atoms with van der Waals surface area (Å²) in [6.45, 7) is 0. The highest BCUT2D eigenvalue weighted by atomic mass is 32.1. The molecular weight excluding hydrogens is 276 g/mol. The van der Waals surface area contributed by atoms with Gasteiger partial charge in [0.25, 0.3) is 11.8 Å². The first-order valence-corrected chi connectivity index (χ1v) is 6.21. The fraction of sp³-hybridized carbons (Fsp3) is 0. The highest BCUT2D eigenvalue weighted by Crippen LogP contribution is 2.15. The minimum atomic E-state index is -0.604. The van der Waals surface area contributed by atoms with Gasteiger partial charge in [0.15, 0.2) is 0 Å². The van der Waals surface area contributed by atoms with Gasteiger partial charge in [-0.3, -0.25) is 20.4 Å². The number of benzene rings is 2. The van der Waals surface area contributed by atoms with Crippen LogP contribution in [-0.4, -0.2) is 16.9 Å². The maximum Gasteiger partial charge on any atom is 0.273 e. The van der Waals surface area contributed by atoms with Crippen molar-refractivity contribution in [3.63, 3.8) is 0 Å². The van der Waals surface area contributed by atoms with Crippen LogP contribution in [-0.2, 0) is 0 Å². The van der Waals surface area contributed by atoms with Crippen LogP contribution in [0.2, 0.25) is 0 Å². The number of aromatic hydroxyl groups is 1. The molecule has 2 rings (SSSR count). The maximum absolute atomic E-state index is 11.8. The first kappa shape index (κ1) is 14.0. The molecule has 6 heteroatoms. The normalized spacial score (nSPS) is 9.85. The van der Waals surface area contributed by atoms with Gasteiger partial charge in [-0.2, -0.15) is 0 Å². The van der Waals surface area contributed by atoms with Gasteiger partial charge >= 0.3 is 0 Å². The van der Waals surface area contributed by atoms with Gasteiger partial charge in [0.05, 0.1) is 11.1 Å². The van der Waals surface area contributed by atoms with Gasteiger partial charge in [-0.25, -0.2) is 0 Å². The van der Waals surface area contributed by atoms with Crippen molar-refractivity contribution in [1.29, 1.82) is 0 Å². The number of para-hydroxylation sites is 1. The van der Waals surface area contributed by atoms with Gasteiger partial charge in [-0.05, 0) is 24.3 Å². The van der Waals surface area contributed by atoms with E-state index in [4.69, 9.17) is 0 Å². The van der Waals surface area contributed by atoms with E-state index in [1.165, 1.54) is 12.1 Å². The van der Waals surface area contributed by atoms with Crippen molar-refractivity contribution in [2.24, 2.45) is 0 Å². The van der Waals surface area contributed by atoms with Gasteiger partial charge in [0, 0.05) is 4.90 Å². The molecule has 0 saturated carbocycles. The molecular formula is C14H12N2O3S. The molecule has 0 aliphatic carbocycles. The summed E-state index contributed by atoms with van der Waals surface area (Å²) < 4.78 is 0. The van der Waals surface area contributed by atoms with E-state index in [1.54, 1.807) is 36.4 Å². The largest absolute Gasteiger partial charge is 0.507 e. The van der Waals surface area contributed by atoms with Crippen LogP contribution in [0.15, 0.2) is 53.4 Å². The Bertz CT molecular complexity index is 601. The van der Waals surface area contributed by atoms with E-state index in [-0.39, 0.29) is 11.3 Å². The Hall–Kier alpha value is -2.47. The lowest BCUT2D eigenvalue weighted by Gasteiger charge is -2.09. The topological polar surface area (TPSA) is 78.4 Å². The van der Waals surface area contributed by atoms with E-state index in [1.807, 2.05) is 0 Å². The van der Waals surface area contributed by atoms with Gasteiger partial charge < -0.3 is 5.11 Å². The van der Waals surface area contributed by atoms with Crippen molar-refractivity contribution < 1.29 is 14.7 Å². The van der Waals surface area contributed by atoms with Crippen LogP contribution in [0.5, 0.6) is 5.75 Å². The third-order valence-electron chi connectivity index (χ3n) is 2.59. The van der Waals surface area contributed by atoms with E-state index < -0.39 is 11.8 Å². The Morgan fingerprint density at radius 1 is 0.850 bits per heavy atom. The summed E-state index contributed by atoms with van der Waals surface area (Å²) in [5.74, 6) is -1.25. The second-order valence-electron chi connectivity index (χ2n) is 3.94. The number of amides is 2. The molecule has 0 radical (unpaired) electrons. The number of hydrogen-bond donors (Lipinski definition) is 4. The number of nitrogens with one attached hydrogen (secondary N) is 2. The van der Waals surface area contributed by atoms with Gasteiger partial charge in [-0.15, -0.1) is 12.6 Å². The zero-order valence-corrected chi connectivity index (χ0v) is 11.2. The monoisotopic (exact) mass is 288 g/mol. The van der Waals surface area contributed by atoms with Gasteiger partial charge in [-0.1, -0.05) is 24.3 Å². The standard InChI is InChI=1S/C14H12N2O3S/c17-11-7-3-1-5-9(11)13(18)15-16-14(19)10-6-2-4-8-12(10)20/h1-8,17,20H,(H,15,18)(H,16,19). The summed E-state index contributed by atoms with van der Waals surface area (Å²) in [6.07, 6.45) is 0. The molecule has 2 aromatic carbocycles. The van der Waals surface area contributed by atoms with Crippen LogP contribution in [0.25, 0.3) is 0 Å². The molecule has 0 atom stereocenters. The molecule has 0 fully saturated rings. The van der Waals surface area contributed by atoms with Crippen LogP contribution in [0.4, 0.5) is 0 Å². The molecule has 0 unspecified atom stereocenters. The average molecular weight is 288 g/mol. The summed E-state index contributed by atoms with van der Waals surface area (Å²) in [7, 11) is 0. The molecule has 0 spiro atoms. The number of hydrogen-bond acceptors (Lipinski definition) is 4. The fourth-order valence-electron chi connectivity index (χ4n) is 1.58. The lowest BCUT2D eigenvalue weighted by molar-refractivity contribution is 0.0843. The number of thiol groups is 1. The van der Waals surface area contributed by atoms with E-state index in [2.05, 4.69) is 23.5 Å². The third-order valence-corrected chi connectivity index (χ3v) is 2.98. The second kappa shape index (κ2) is 6.12. The molecule has 0 aliphatic heterocycles. The molecule has 0 saturated heterocycles. The lowest BCUT2D eigenvalue weighted by Crippen LogP contribution is -2.41. The van der Waals surface area contributed by atoms with Crippen LogP contribution in [0, 0.1) is 0 Å². The van der Waals surface area contributed by atoms with Crippen LogP contribution in [0.3, 0.4) is 0 Å². The minimum Gasteiger partial charge on any atom is -0.507 e. The molecule has 0 aliphatic rings. The summed E-state index contributed by atoms with van der Waals surface area (Å²) in [6, 6.07) is 12.7. The van der Waals surface area contributed by atoms with Crippen molar-refractivity contribution in [3.05, 3.63) is 59.7 Å². The predicted octanol–water partition coefficient (Wildman–Crippen LogP) is 1.76. The average Bonchev–Trinajstić information content (AvgIpc) is 2.45. The number of rotatable bonds is 2. The summed E-state index contributed by atoms with van der Waals surface area (Å²) >= 11 is 4.15. The van der Waals surface area contributed by atoms with Crippen molar-refractivity contribution in [2.75, 3.05) is 0 Å². The van der Waals surface area contributed by atoms with E-state index >= 15 is 0 Å². The first-order valence-electron chi connectivity index (χ1n) is 5.76. The smallest absolute Gasteiger partial charge is 0.273 e. The Morgan fingerprint density at radius 3 is 1.95 bits per heavy atom. The molecule has 20 heavy (non-hydrogen) atoms. The minimum absolute atomic E-state index is 0.0759. The molecule has 2 amide bonds. The fourth-order valence-corrected chi connectivity index (χ4v) is 1.84. The summed E-state index contributed by atoms with van der Waals surface area (Å²) in [4.78, 5) is 24.1. The Balaban J connectivity index is 2.03. The molecule has 0 heterocycles. The predicted molar refractivity (Wildman–Crippen MR) is 76.7 cm³/mol. The van der Waals surface area contributed by atoms with Crippen LogP contribution in [0.1, 0.15) is 20.7 Å². The number of phenolic OH excluding ortho intramolecular Hbond substituents is 1.